The van der Waals surface area contributed by atoms with Crippen LogP contribution in [0.4, 0.5) is 10.1 Å². The van der Waals surface area contributed by atoms with Crippen LogP contribution < -0.4 is 10.2 Å². The van der Waals surface area contributed by atoms with Gasteiger partial charge in [-0.3, -0.25) is 9.69 Å². The average Bonchev–Trinajstić information content (AvgIpc) is 2.64. The average molecular weight is 347 g/mol. The van der Waals surface area contributed by atoms with Crippen LogP contribution in [0.2, 0.25) is 0 Å². The zero-order valence-corrected chi connectivity index (χ0v) is 15.4. The van der Waals surface area contributed by atoms with E-state index in [4.69, 9.17) is 0 Å². The molecule has 1 aliphatic heterocycles. The van der Waals surface area contributed by atoms with Crippen molar-refractivity contribution < 1.29 is 9.18 Å². The van der Waals surface area contributed by atoms with Crippen molar-refractivity contribution >= 4 is 11.6 Å². The Hall–Kier alpha value is -1.62. The number of carbonyl (C=O) groups is 1. The molecule has 1 saturated carbocycles. The van der Waals surface area contributed by atoms with Gasteiger partial charge in [0.2, 0.25) is 5.91 Å². The summed E-state index contributed by atoms with van der Waals surface area (Å²) in [5.41, 5.74) is 1.05. The molecule has 0 unspecified atom stereocenters. The summed E-state index contributed by atoms with van der Waals surface area (Å²) in [5, 5.41) is 3.25. The predicted octanol–water partition coefficient (Wildman–Crippen LogP) is 3.03. The predicted molar refractivity (Wildman–Crippen MR) is 99.2 cm³/mol. The second-order valence-corrected chi connectivity index (χ2v) is 7.64. The van der Waals surface area contributed by atoms with Crippen LogP contribution in [0, 0.1) is 11.7 Å². The summed E-state index contributed by atoms with van der Waals surface area (Å²) in [6.45, 7) is 7.74. The molecule has 1 N–H and O–H groups in total. The van der Waals surface area contributed by atoms with Crippen LogP contribution in [-0.4, -0.2) is 49.1 Å². The van der Waals surface area contributed by atoms with Crippen molar-refractivity contribution in [1.82, 2.24) is 10.2 Å². The lowest BCUT2D eigenvalue weighted by atomic mass is 9.87. The maximum atomic E-state index is 13.1. The molecule has 2 fully saturated rings. The maximum absolute atomic E-state index is 13.1. The van der Waals surface area contributed by atoms with Crippen LogP contribution in [-0.2, 0) is 4.79 Å². The van der Waals surface area contributed by atoms with E-state index in [-0.39, 0.29) is 17.8 Å². The Morgan fingerprint density at radius 2 is 1.68 bits per heavy atom. The molecule has 1 aromatic rings. The van der Waals surface area contributed by atoms with Gasteiger partial charge >= 0.3 is 0 Å². The molecule has 1 aliphatic carbocycles. The number of carbonyl (C=O) groups excluding carboxylic acids is 1. The molecule has 1 aromatic carbocycles. The highest BCUT2D eigenvalue weighted by Gasteiger charge is 2.28. The summed E-state index contributed by atoms with van der Waals surface area (Å²) in [6.07, 6.45) is 4.65. The van der Waals surface area contributed by atoms with Gasteiger partial charge in [-0.15, -0.1) is 0 Å². The number of nitrogens with one attached hydrogen (secondary N) is 1. The Labute approximate surface area is 150 Å². The smallest absolute Gasteiger partial charge is 0.237 e. The maximum Gasteiger partial charge on any atom is 0.237 e. The van der Waals surface area contributed by atoms with Crippen molar-refractivity contribution in [3.63, 3.8) is 0 Å². The number of piperazine rings is 1. The van der Waals surface area contributed by atoms with E-state index < -0.39 is 0 Å². The van der Waals surface area contributed by atoms with Crippen molar-refractivity contribution in [2.45, 2.75) is 51.6 Å². The topological polar surface area (TPSA) is 35.6 Å². The van der Waals surface area contributed by atoms with E-state index in [1.807, 2.05) is 19.1 Å². The van der Waals surface area contributed by atoms with E-state index in [1.165, 1.54) is 25.0 Å². The van der Waals surface area contributed by atoms with Gasteiger partial charge in [-0.2, -0.15) is 0 Å². The van der Waals surface area contributed by atoms with Gasteiger partial charge in [0, 0.05) is 37.9 Å². The monoisotopic (exact) mass is 347 g/mol. The van der Waals surface area contributed by atoms with E-state index in [1.54, 1.807) is 0 Å². The van der Waals surface area contributed by atoms with Gasteiger partial charge in [0.15, 0.2) is 0 Å². The molecule has 138 valence electrons. The Bertz CT molecular complexity index is 561. The molecule has 4 nitrogen and oxygen atoms in total. The van der Waals surface area contributed by atoms with Crippen LogP contribution in [0.3, 0.4) is 0 Å². The first-order chi connectivity index (χ1) is 12.0. The number of benzene rings is 1. The van der Waals surface area contributed by atoms with Crippen LogP contribution in [0.15, 0.2) is 24.3 Å². The van der Waals surface area contributed by atoms with Crippen molar-refractivity contribution in [2.75, 3.05) is 31.1 Å². The second kappa shape index (κ2) is 8.17. The van der Waals surface area contributed by atoms with Crippen molar-refractivity contribution in [1.29, 1.82) is 0 Å². The summed E-state index contributed by atoms with van der Waals surface area (Å²) >= 11 is 0. The zero-order valence-electron chi connectivity index (χ0n) is 15.4. The molecule has 0 bridgehead atoms. The molecule has 3 rings (SSSR count). The Kier molecular flexibility index (Phi) is 5.94. The molecule has 1 amide bonds. The highest BCUT2D eigenvalue weighted by Crippen LogP contribution is 2.24. The Morgan fingerprint density at radius 1 is 1.08 bits per heavy atom. The minimum absolute atomic E-state index is 0.0882. The largest absolute Gasteiger partial charge is 0.369 e. The number of amides is 1. The third-order valence-corrected chi connectivity index (χ3v) is 5.80. The first-order valence-electron chi connectivity index (χ1n) is 9.58. The normalized spacial score (nSPS) is 26.3. The summed E-state index contributed by atoms with van der Waals surface area (Å²) in [5.74, 6) is 0.754. The van der Waals surface area contributed by atoms with Gasteiger partial charge < -0.3 is 10.2 Å². The number of nitrogens with zero attached hydrogens (tertiary/aromatic N) is 2. The van der Waals surface area contributed by atoms with Gasteiger partial charge in [-0.05, 0) is 62.8 Å². The molecule has 0 radical (unpaired) electrons. The van der Waals surface area contributed by atoms with E-state index in [0.29, 0.717) is 6.04 Å². The minimum Gasteiger partial charge on any atom is -0.369 e. The fourth-order valence-corrected chi connectivity index (χ4v) is 3.91. The highest BCUT2D eigenvalue weighted by atomic mass is 19.1. The van der Waals surface area contributed by atoms with Crippen molar-refractivity contribution in [3.05, 3.63) is 30.1 Å². The fourth-order valence-electron chi connectivity index (χ4n) is 3.91. The molecule has 0 spiro atoms. The lowest BCUT2D eigenvalue weighted by Gasteiger charge is -2.39. The van der Waals surface area contributed by atoms with Crippen LogP contribution >= 0.6 is 0 Å². The van der Waals surface area contributed by atoms with Gasteiger partial charge in [0.1, 0.15) is 5.82 Å². The first-order valence-corrected chi connectivity index (χ1v) is 9.58. The number of hydrogen-bond donors (Lipinski definition) is 1. The van der Waals surface area contributed by atoms with Crippen molar-refractivity contribution in [3.8, 4) is 0 Å². The summed E-state index contributed by atoms with van der Waals surface area (Å²) in [7, 11) is 0. The van der Waals surface area contributed by atoms with E-state index in [0.717, 1.165) is 50.6 Å². The van der Waals surface area contributed by atoms with Crippen molar-refractivity contribution in [2.24, 2.45) is 5.92 Å². The van der Waals surface area contributed by atoms with E-state index >= 15 is 0 Å². The Morgan fingerprint density at radius 3 is 2.28 bits per heavy atom. The molecule has 2 aliphatic rings. The molecular weight excluding hydrogens is 317 g/mol. The molecule has 0 aromatic heterocycles. The van der Waals surface area contributed by atoms with Gasteiger partial charge in [-0.1, -0.05) is 6.92 Å². The fraction of sp³-hybridized carbons (Fsp3) is 0.650. The first kappa shape index (κ1) is 18.2. The number of anilines is 1. The third-order valence-electron chi connectivity index (χ3n) is 5.80. The van der Waals surface area contributed by atoms with Crippen LogP contribution in [0.5, 0.6) is 0 Å². The number of hydrogen-bond acceptors (Lipinski definition) is 3. The van der Waals surface area contributed by atoms with Crippen LogP contribution in [0.25, 0.3) is 0 Å². The highest BCUT2D eigenvalue weighted by molar-refractivity contribution is 5.81. The van der Waals surface area contributed by atoms with E-state index in [9.17, 15) is 9.18 Å². The standard InChI is InChI=1S/C20H30FN3O/c1-15-3-7-18(8-4-15)22-20(25)16(2)23-11-13-24(14-12-23)19-9-5-17(21)6-10-19/h5-6,9-10,15-16,18H,3-4,7-8,11-14H2,1-2H3,(H,22,25)/t15?,16-,18?/m1/s1. The zero-order chi connectivity index (χ0) is 17.8. The molecule has 5 heteroatoms. The lowest BCUT2D eigenvalue weighted by Crippen LogP contribution is -2.55. The van der Waals surface area contributed by atoms with Gasteiger partial charge in [0.25, 0.3) is 0 Å². The quantitative estimate of drug-likeness (QED) is 0.909. The van der Waals surface area contributed by atoms with Crippen LogP contribution in [0.1, 0.15) is 39.5 Å². The summed E-state index contributed by atoms with van der Waals surface area (Å²) in [4.78, 5) is 17.1. The van der Waals surface area contributed by atoms with Gasteiger partial charge in [0.05, 0.1) is 6.04 Å². The molecule has 25 heavy (non-hydrogen) atoms. The summed E-state index contributed by atoms with van der Waals surface area (Å²) < 4.78 is 13.1. The molecular formula is C20H30FN3O. The summed E-state index contributed by atoms with van der Waals surface area (Å²) in [6, 6.07) is 6.92. The third kappa shape index (κ3) is 4.72. The Balaban J connectivity index is 1.46. The SMILES string of the molecule is CC1CCC(NC(=O)[C@@H](C)N2CCN(c3ccc(F)cc3)CC2)CC1. The van der Waals surface area contributed by atoms with E-state index in [2.05, 4.69) is 22.0 Å². The minimum atomic E-state index is -0.204. The molecule has 1 atom stereocenters. The second-order valence-electron chi connectivity index (χ2n) is 7.64. The van der Waals surface area contributed by atoms with Gasteiger partial charge in [-0.25, -0.2) is 4.39 Å². The molecule has 1 heterocycles. The number of halogens is 1. The lowest BCUT2D eigenvalue weighted by molar-refractivity contribution is -0.127. The number of rotatable bonds is 4. The molecule has 1 saturated heterocycles.